The van der Waals surface area contributed by atoms with E-state index in [1.807, 2.05) is 12.1 Å². The summed E-state index contributed by atoms with van der Waals surface area (Å²) < 4.78 is 4.99. The highest BCUT2D eigenvalue weighted by molar-refractivity contribution is 6.01. The largest absolute Gasteiger partial charge is 0.457 e. The van der Waals surface area contributed by atoms with Crippen molar-refractivity contribution in [1.82, 2.24) is 0 Å². The molecule has 3 aromatic rings. The second-order valence-electron chi connectivity index (χ2n) is 6.34. The first-order chi connectivity index (χ1) is 13.1. The highest BCUT2D eigenvalue weighted by Crippen LogP contribution is 2.32. The molecule has 0 saturated heterocycles. The first-order valence-corrected chi connectivity index (χ1v) is 8.54. The molecule has 0 bridgehead atoms. The normalized spacial score (nSPS) is 13.0. The Hall–Kier alpha value is -3.44. The molecule has 0 radical (unpaired) electrons. The molecule has 4 rings (SSSR count). The lowest BCUT2D eigenvalue weighted by Crippen LogP contribution is -2.41. The van der Waals surface area contributed by atoms with E-state index in [9.17, 15) is 14.7 Å². The Balaban J connectivity index is 1.71. The van der Waals surface area contributed by atoms with Crippen LogP contribution >= 0.6 is 0 Å². The monoisotopic (exact) mass is 359 g/mol. The van der Waals surface area contributed by atoms with Gasteiger partial charge in [-0.25, -0.2) is 4.79 Å². The molecule has 2 N–H and O–H groups in total. The molecule has 0 atom stereocenters. The zero-order valence-corrected chi connectivity index (χ0v) is 14.4. The Labute approximate surface area is 156 Å². The molecule has 0 fully saturated rings. The van der Waals surface area contributed by atoms with Crippen LogP contribution in [0.4, 0.5) is 5.69 Å². The first kappa shape index (κ1) is 17.0. The molecule has 1 aliphatic heterocycles. The van der Waals surface area contributed by atoms with Crippen molar-refractivity contribution in [2.24, 2.45) is 0 Å². The maximum absolute atomic E-state index is 13.1. The van der Waals surface area contributed by atoms with E-state index in [1.54, 1.807) is 66.7 Å². The SMILES string of the molecule is O=C1OCc2cc(NC(=O)C(O)(c3ccccc3)c3ccccc3)ccc21. The number of aliphatic hydroxyl groups is 1. The zero-order chi connectivity index (χ0) is 18.9. The van der Waals surface area contributed by atoms with Crippen LogP contribution in [0.15, 0.2) is 78.9 Å². The number of ether oxygens (including phenoxy) is 1. The number of hydrogen-bond donors (Lipinski definition) is 2. The van der Waals surface area contributed by atoms with E-state index in [-0.39, 0.29) is 12.6 Å². The Kier molecular flexibility index (Phi) is 4.22. The number of esters is 1. The topological polar surface area (TPSA) is 75.6 Å². The molecule has 0 aliphatic carbocycles. The van der Waals surface area contributed by atoms with Crippen molar-refractivity contribution in [1.29, 1.82) is 0 Å². The molecular weight excluding hydrogens is 342 g/mol. The number of cyclic esters (lactones) is 1. The van der Waals surface area contributed by atoms with Crippen molar-refractivity contribution in [2.45, 2.75) is 12.2 Å². The Morgan fingerprint density at radius 2 is 1.52 bits per heavy atom. The van der Waals surface area contributed by atoms with Gasteiger partial charge >= 0.3 is 5.97 Å². The molecule has 1 amide bonds. The third kappa shape index (κ3) is 2.98. The van der Waals surface area contributed by atoms with Crippen LogP contribution in [0.5, 0.6) is 0 Å². The smallest absolute Gasteiger partial charge is 0.338 e. The van der Waals surface area contributed by atoms with Gasteiger partial charge in [-0.2, -0.15) is 0 Å². The molecule has 27 heavy (non-hydrogen) atoms. The van der Waals surface area contributed by atoms with Crippen LogP contribution in [0, 0.1) is 0 Å². The van der Waals surface area contributed by atoms with Gasteiger partial charge in [0.1, 0.15) is 6.61 Å². The van der Waals surface area contributed by atoms with E-state index in [4.69, 9.17) is 4.74 Å². The van der Waals surface area contributed by atoms with E-state index in [0.29, 0.717) is 27.9 Å². The minimum absolute atomic E-state index is 0.180. The van der Waals surface area contributed by atoms with Crippen LogP contribution < -0.4 is 5.32 Å². The van der Waals surface area contributed by atoms with Crippen LogP contribution in [-0.2, 0) is 21.7 Å². The molecular formula is C22H17NO4. The van der Waals surface area contributed by atoms with Gasteiger partial charge in [-0.3, -0.25) is 4.79 Å². The van der Waals surface area contributed by atoms with Gasteiger partial charge < -0.3 is 15.2 Å². The van der Waals surface area contributed by atoms with E-state index < -0.39 is 11.5 Å². The van der Waals surface area contributed by atoms with Crippen LogP contribution in [0.1, 0.15) is 27.0 Å². The van der Waals surface area contributed by atoms with Gasteiger partial charge in [-0.1, -0.05) is 60.7 Å². The van der Waals surface area contributed by atoms with Crippen LogP contribution in [0.25, 0.3) is 0 Å². The molecule has 0 aromatic heterocycles. The second-order valence-corrected chi connectivity index (χ2v) is 6.34. The van der Waals surface area contributed by atoms with E-state index in [0.717, 1.165) is 0 Å². The highest BCUT2D eigenvalue weighted by Gasteiger charge is 2.40. The maximum atomic E-state index is 13.1. The zero-order valence-electron chi connectivity index (χ0n) is 14.4. The quantitative estimate of drug-likeness (QED) is 0.701. The summed E-state index contributed by atoms with van der Waals surface area (Å²) in [4.78, 5) is 24.7. The fraction of sp³-hybridized carbons (Fsp3) is 0.0909. The van der Waals surface area contributed by atoms with Gasteiger partial charge in [-0.15, -0.1) is 0 Å². The summed E-state index contributed by atoms with van der Waals surface area (Å²) in [6.45, 7) is 0.180. The highest BCUT2D eigenvalue weighted by atomic mass is 16.5. The molecule has 1 heterocycles. The van der Waals surface area contributed by atoms with Crippen molar-refractivity contribution >= 4 is 17.6 Å². The van der Waals surface area contributed by atoms with Crippen LogP contribution in [0.2, 0.25) is 0 Å². The Morgan fingerprint density at radius 1 is 0.926 bits per heavy atom. The summed E-state index contributed by atoms with van der Waals surface area (Å²) in [5.74, 6) is -0.946. The summed E-state index contributed by atoms with van der Waals surface area (Å²) in [7, 11) is 0. The molecule has 134 valence electrons. The van der Waals surface area contributed by atoms with Crippen molar-refractivity contribution < 1.29 is 19.4 Å². The Bertz CT molecular complexity index is 960. The summed E-state index contributed by atoms with van der Waals surface area (Å²) >= 11 is 0. The number of amides is 1. The van der Waals surface area contributed by atoms with Gasteiger partial charge in [0.2, 0.25) is 0 Å². The first-order valence-electron chi connectivity index (χ1n) is 8.54. The summed E-state index contributed by atoms with van der Waals surface area (Å²) in [6.07, 6.45) is 0. The summed E-state index contributed by atoms with van der Waals surface area (Å²) in [5.41, 5.74) is 0.771. The van der Waals surface area contributed by atoms with Crippen molar-refractivity contribution in [3.05, 3.63) is 101 Å². The number of rotatable bonds is 4. The number of anilines is 1. The number of fused-ring (bicyclic) bond motifs is 1. The van der Waals surface area contributed by atoms with Crippen molar-refractivity contribution in [2.75, 3.05) is 5.32 Å². The average Bonchev–Trinajstić information content (AvgIpc) is 3.09. The number of nitrogens with one attached hydrogen (secondary N) is 1. The van der Waals surface area contributed by atoms with E-state index >= 15 is 0 Å². The van der Waals surface area contributed by atoms with Gasteiger partial charge in [0.15, 0.2) is 5.60 Å². The lowest BCUT2D eigenvalue weighted by atomic mass is 9.85. The number of carbonyl (C=O) groups is 2. The fourth-order valence-electron chi connectivity index (χ4n) is 3.22. The summed E-state index contributed by atoms with van der Waals surface area (Å²) in [6, 6.07) is 22.5. The minimum atomic E-state index is -1.85. The van der Waals surface area contributed by atoms with E-state index in [2.05, 4.69) is 5.32 Å². The van der Waals surface area contributed by atoms with E-state index in [1.165, 1.54) is 0 Å². The fourth-order valence-corrected chi connectivity index (χ4v) is 3.22. The third-order valence-electron chi connectivity index (χ3n) is 4.65. The minimum Gasteiger partial charge on any atom is -0.457 e. The molecule has 1 aliphatic rings. The van der Waals surface area contributed by atoms with Gasteiger partial charge in [0.25, 0.3) is 5.91 Å². The van der Waals surface area contributed by atoms with Crippen molar-refractivity contribution in [3.8, 4) is 0 Å². The van der Waals surface area contributed by atoms with Crippen LogP contribution in [-0.4, -0.2) is 17.0 Å². The van der Waals surface area contributed by atoms with Gasteiger partial charge in [-0.05, 0) is 29.3 Å². The third-order valence-corrected chi connectivity index (χ3v) is 4.65. The summed E-state index contributed by atoms with van der Waals surface area (Å²) in [5, 5.41) is 14.2. The standard InChI is InChI=1S/C22H17NO4/c24-20-19-12-11-18(13-15(19)14-27-20)23-21(25)22(26,16-7-3-1-4-8-16)17-9-5-2-6-10-17/h1-13,26H,14H2,(H,23,25). The lowest BCUT2D eigenvalue weighted by molar-refractivity contribution is -0.131. The molecule has 5 nitrogen and oxygen atoms in total. The second kappa shape index (κ2) is 6.70. The van der Waals surface area contributed by atoms with Gasteiger partial charge in [0, 0.05) is 11.3 Å². The number of benzene rings is 3. The molecule has 0 spiro atoms. The number of carbonyl (C=O) groups excluding carboxylic acids is 2. The average molecular weight is 359 g/mol. The molecule has 0 saturated carbocycles. The predicted octanol–water partition coefficient (Wildman–Crippen LogP) is 3.23. The van der Waals surface area contributed by atoms with Crippen molar-refractivity contribution in [3.63, 3.8) is 0 Å². The van der Waals surface area contributed by atoms with Crippen LogP contribution in [0.3, 0.4) is 0 Å². The predicted molar refractivity (Wildman–Crippen MR) is 100 cm³/mol. The Morgan fingerprint density at radius 3 is 2.11 bits per heavy atom. The molecule has 3 aromatic carbocycles. The number of hydrogen-bond acceptors (Lipinski definition) is 4. The van der Waals surface area contributed by atoms with Gasteiger partial charge in [0.05, 0.1) is 5.56 Å². The maximum Gasteiger partial charge on any atom is 0.338 e. The molecule has 0 unspecified atom stereocenters. The lowest BCUT2D eigenvalue weighted by Gasteiger charge is -2.28. The molecule has 5 heteroatoms.